The van der Waals surface area contributed by atoms with E-state index in [1.807, 2.05) is 12.1 Å². The van der Waals surface area contributed by atoms with Gasteiger partial charge in [0.15, 0.2) is 0 Å². The fourth-order valence-corrected chi connectivity index (χ4v) is 6.15. The summed E-state index contributed by atoms with van der Waals surface area (Å²) in [6.07, 6.45) is 3.60. The van der Waals surface area contributed by atoms with E-state index in [1.165, 1.54) is 5.56 Å². The number of carbonyl (C=O) groups excluding carboxylic acids is 1. The number of benzene rings is 2. The number of amides is 1. The van der Waals surface area contributed by atoms with Crippen molar-refractivity contribution in [1.82, 2.24) is 13.1 Å². The lowest BCUT2D eigenvalue weighted by molar-refractivity contribution is -0.117. The van der Waals surface area contributed by atoms with E-state index in [4.69, 9.17) is 5.73 Å². The van der Waals surface area contributed by atoms with Gasteiger partial charge in [0.25, 0.3) is 0 Å². The second-order valence-corrected chi connectivity index (χ2v) is 10.2. The van der Waals surface area contributed by atoms with Crippen LogP contribution in [-0.4, -0.2) is 40.5 Å². The molecule has 4 rings (SSSR count). The highest BCUT2D eigenvalue weighted by Crippen LogP contribution is 2.29. The topological polar surface area (TPSA) is 106 Å². The number of primary amides is 1. The molecule has 2 N–H and O–H groups in total. The third-order valence-electron chi connectivity index (χ3n) is 5.65. The highest BCUT2D eigenvalue weighted by Gasteiger charge is 2.31. The van der Waals surface area contributed by atoms with Crippen LogP contribution in [0.15, 0.2) is 47.4 Å². The number of hydrogen-bond acceptors (Lipinski definition) is 6. The highest BCUT2D eigenvalue weighted by atomic mass is 32.2. The van der Waals surface area contributed by atoms with Gasteiger partial charge < -0.3 is 5.73 Å². The number of nitrogens with zero attached hydrogens (tertiary/aromatic N) is 3. The van der Waals surface area contributed by atoms with Crippen LogP contribution in [0.2, 0.25) is 0 Å². The SMILES string of the molecule is NC(=O)CCc1ccc(CC2CCN(S(=O)(=O)c3cccc4nsnc34)CC2)cc1. The molecule has 1 aliphatic heterocycles. The number of hydrogen-bond donors (Lipinski definition) is 1. The maximum Gasteiger partial charge on any atom is 0.245 e. The monoisotopic (exact) mass is 444 g/mol. The second kappa shape index (κ2) is 8.79. The molecular formula is C21H24N4O3S2. The van der Waals surface area contributed by atoms with E-state index in [0.717, 1.165) is 36.6 Å². The Balaban J connectivity index is 1.37. The van der Waals surface area contributed by atoms with Crippen molar-refractivity contribution in [3.8, 4) is 0 Å². The fourth-order valence-electron chi connectivity index (χ4n) is 3.93. The van der Waals surface area contributed by atoms with E-state index in [-0.39, 0.29) is 10.8 Å². The zero-order valence-corrected chi connectivity index (χ0v) is 18.2. The molecule has 9 heteroatoms. The number of aryl methyl sites for hydroxylation is 1. The predicted octanol–water partition coefficient (Wildman–Crippen LogP) is 2.75. The number of nitrogens with two attached hydrogens (primary N) is 1. The molecule has 0 atom stereocenters. The Labute approximate surface area is 180 Å². The van der Waals surface area contributed by atoms with E-state index in [0.29, 0.717) is 42.9 Å². The van der Waals surface area contributed by atoms with Crippen LogP contribution in [-0.2, 0) is 27.7 Å². The Kier molecular flexibility index (Phi) is 6.12. The summed E-state index contributed by atoms with van der Waals surface area (Å²) in [5, 5.41) is 0. The van der Waals surface area contributed by atoms with Gasteiger partial charge in [-0.1, -0.05) is 30.3 Å². The van der Waals surface area contributed by atoms with Gasteiger partial charge in [-0.05, 0) is 54.9 Å². The Morgan fingerprint density at radius 2 is 1.77 bits per heavy atom. The van der Waals surface area contributed by atoms with Crippen LogP contribution < -0.4 is 5.73 Å². The van der Waals surface area contributed by atoms with Gasteiger partial charge in [0.2, 0.25) is 15.9 Å². The number of carbonyl (C=O) groups is 1. The number of fused-ring (bicyclic) bond motifs is 1. The zero-order chi connectivity index (χ0) is 21.1. The van der Waals surface area contributed by atoms with E-state index in [9.17, 15) is 13.2 Å². The van der Waals surface area contributed by atoms with Crippen LogP contribution in [0.25, 0.3) is 11.0 Å². The summed E-state index contributed by atoms with van der Waals surface area (Å²) in [6, 6.07) is 13.4. The maximum atomic E-state index is 13.1. The Hall–Kier alpha value is -2.36. The minimum atomic E-state index is -3.57. The van der Waals surface area contributed by atoms with Gasteiger partial charge in [-0.15, -0.1) is 0 Å². The van der Waals surface area contributed by atoms with Crippen LogP contribution in [0.5, 0.6) is 0 Å². The normalized spacial score (nSPS) is 16.1. The lowest BCUT2D eigenvalue weighted by Crippen LogP contribution is -2.39. The Bertz CT molecular complexity index is 1130. The van der Waals surface area contributed by atoms with Crippen LogP contribution >= 0.6 is 11.7 Å². The van der Waals surface area contributed by atoms with Crippen LogP contribution in [0.4, 0.5) is 0 Å². The van der Waals surface area contributed by atoms with Crippen LogP contribution in [0, 0.1) is 5.92 Å². The molecule has 2 aromatic carbocycles. The average molecular weight is 445 g/mol. The van der Waals surface area contributed by atoms with E-state index >= 15 is 0 Å². The molecule has 158 valence electrons. The molecule has 1 saturated heterocycles. The summed E-state index contributed by atoms with van der Waals surface area (Å²) in [7, 11) is -3.57. The summed E-state index contributed by atoms with van der Waals surface area (Å²) < 4.78 is 36.2. The lowest BCUT2D eigenvalue weighted by atomic mass is 9.90. The number of aromatic nitrogens is 2. The third-order valence-corrected chi connectivity index (χ3v) is 8.12. The van der Waals surface area contributed by atoms with Crippen LogP contribution in [0.1, 0.15) is 30.4 Å². The van der Waals surface area contributed by atoms with E-state index in [1.54, 1.807) is 22.5 Å². The van der Waals surface area contributed by atoms with Crippen molar-refractivity contribution in [2.45, 2.75) is 37.0 Å². The molecule has 0 bridgehead atoms. The van der Waals surface area contributed by atoms with Crippen molar-refractivity contribution in [3.63, 3.8) is 0 Å². The quantitative estimate of drug-likeness (QED) is 0.603. The van der Waals surface area contributed by atoms with Crippen LogP contribution in [0.3, 0.4) is 0 Å². The predicted molar refractivity (Wildman–Crippen MR) is 117 cm³/mol. The first kappa shape index (κ1) is 20.9. The standard InChI is InChI=1S/C21H24N4O3S2/c22-20(26)9-8-15-4-6-16(7-5-15)14-17-10-12-25(13-11-17)30(27,28)19-3-1-2-18-21(19)24-29-23-18/h1-7,17H,8-14H2,(H2,22,26). The number of rotatable bonds is 7. The van der Waals surface area contributed by atoms with Gasteiger partial charge in [-0.2, -0.15) is 13.1 Å². The molecule has 0 saturated carbocycles. The van der Waals surface area contributed by atoms with Crippen molar-refractivity contribution in [2.24, 2.45) is 11.7 Å². The molecule has 2 heterocycles. The molecule has 3 aromatic rings. The molecule has 1 aromatic heterocycles. The summed E-state index contributed by atoms with van der Waals surface area (Å²) in [5.74, 6) is 0.160. The van der Waals surface area contributed by atoms with E-state index < -0.39 is 10.0 Å². The van der Waals surface area contributed by atoms with Gasteiger partial charge in [0.1, 0.15) is 15.9 Å². The summed E-state index contributed by atoms with van der Waals surface area (Å²) in [5.41, 5.74) is 8.62. The minimum absolute atomic E-state index is 0.249. The largest absolute Gasteiger partial charge is 0.370 e. The molecule has 30 heavy (non-hydrogen) atoms. The smallest absolute Gasteiger partial charge is 0.245 e. The minimum Gasteiger partial charge on any atom is -0.370 e. The first-order valence-corrected chi connectivity index (χ1v) is 12.2. The molecule has 1 aliphatic rings. The van der Waals surface area contributed by atoms with Gasteiger partial charge in [-0.25, -0.2) is 8.42 Å². The first-order valence-electron chi connectivity index (χ1n) is 10.0. The summed E-state index contributed by atoms with van der Waals surface area (Å²) >= 11 is 1.03. The molecule has 7 nitrogen and oxygen atoms in total. The average Bonchev–Trinajstić information content (AvgIpc) is 3.22. The molecule has 1 amide bonds. The summed E-state index contributed by atoms with van der Waals surface area (Å²) in [4.78, 5) is 11.2. The number of sulfonamides is 1. The van der Waals surface area contributed by atoms with Crippen molar-refractivity contribution >= 4 is 38.7 Å². The molecule has 1 fully saturated rings. The first-order chi connectivity index (χ1) is 14.4. The van der Waals surface area contributed by atoms with Gasteiger partial charge in [-0.3, -0.25) is 4.79 Å². The molecule has 0 aliphatic carbocycles. The third kappa shape index (κ3) is 4.53. The molecular weight excluding hydrogens is 420 g/mol. The second-order valence-electron chi connectivity index (χ2n) is 7.72. The number of piperidine rings is 1. The Morgan fingerprint density at radius 3 is 2.47 bits per heavy atom. The van der Waals surface area contributed by atoms with Crippen molar-refractivity contribution < 1.29 is 13.2 Å². The van der Waals surface area contributed by atoms with Crippen molar-refractivity contribution in [2.75, 3.05) is 13.1 Å². The van der Waals surface area contributed by atoms with Crippen molar-refractivity contribution in [3.05, 3.63) is 53.6 Å². The summed E-state index contributed by atoms with van der Waals surface area (Å²) in [6.45, 7) is 1.02. The van der Waals surface area contributed by atoms with Gasteiger partial charge >= 0.3 is 0 Å². The fraction of sp³-hybridized carbons (Fsp3) is 0.381. The van der Waals surface area contributed by atoms with Gasteiger partial charge in [0, 0.05) is 19.5 Å². The van der Waals surface area contributed by atoms with Gasteiger partial charge in [0.05, 0.1) is 11.7 Å². The maximum absolute atomic E-state index is 13.1. The van der Waals surface area contributed by atoms with Crippen molar-refractivity contribution in [1.29, 1.82) is 0 Å². The molecule has 0 unspecified atom stereocenters. The lowest BCUT2D eigenvalue weighted by Gasteiger charge is -2.31. The molecule has 0 radical (unpaired) electrons. The molecule has 0 spiro atoms. The zero-order valence-electron chi connectivity index (χ0n) is 16.5. The Morgan fingerprint density at radius 1 is 1.07 bits per heavy atom. The highest BCUT2D eigenvalue weighted by molar-refractivity contribution is 7.89. The van der Waals surface area contributed by atoms with E-state index in [2.05, 4.69) is 20.9 Å².